The number of carbonyl (C=O) groups excluding carboxylic acids is 1. The summed E-state index contributed by atoms with van der Waals surface area (Å²) in [6.45, 7) is 4.08. The summed E-state index contributed by atoms with van der Waals surface area (Å²) in [6.07, 6.45) is 0.884. The molecule has 0 spiro atoms. The first-order chi connectivity index (χ1) is 5.15. The first-order valence-corrected chi connectivity index (χ1v) is 4.45. The van der Waals surface area contributed by atoms with Gasteiger partial charge in [-0.3, -0.25) is 4.79 Å². The van der Waals surface area contributed by atoms with Crippen LogP contribution in [0, 0.1) is 17.4 Å². The minimum absolute atomic E-state index is 0.762. The number of halogens is 1. The average Bonchev–Trinajstić information content (AvgIpc) is 1.99. The highest BCUT2D eigenvalue weighted by atomic mass is 127. The fourth-order valence-corrected chi connectivity index (χ4v) is 1.70. The predicted octanol–water partition coefficient (Wildman–Crippen LogP) is 2.72. The minimum Gasteiger partial charge on any atom is -0.298 e. The van der Waals surface area contributed by atoms with Crippen molar-refractivity contribution in [3.8, 4) is 0 Å². The van der Waals surface area contributed by atoms with Gasteiger partial charge in [-0.15, -0.1) is 0 Å². The summed E-state index contributed by atoms with van der Waals surface area (Å²) in [5.74, 6) is 0. The zero-order valence-electron chi connectivity index (χ0n) is 6.52. The first kappa shape index (κ1) is 8.71. The lowest BCUT2D eigenvalue weighted by atomic mass is 10.1. The molecule has 1 nitrogen and oxygen atoms in total. The Bertz CT molecular complexity index is 269. The van der Waals surface area contributed by atoms with Crippen molar-refractivity contribution in [1.82, 2.24) is 0 Å². The third kappa shape index (κ3) is 1.80. The largest absolute Gasteiger partial charge is 0.298 e. The number of carbonyl (C=O) groups is 1. The molecule has 0 radical (unpaired) electrons. The SMILES string of the molecule is Cc1cc(C=O)cc(I)c1C. The molecular formula is C9H9IO. The van der Waals surface area contributed by atoms with Gasteiger partial charge in [0.1, 0.15) is 6.29 Å². The number of hydrogen-bond acceptors (Lipinski definition) is 1. The molecule has 58 valence electrons. The fraction of sp³-hybridized carbons (Fsp3) is 0.222. The van der Waals surface area contributed by atoms with E-state index in [0.29, 0.717) is 0 Å². The van der Waals surface area contributed by atoms with E-state index in [1.165, 1.54) is 11.1 Å². The normalized spacial score (nSPS) is 9.73. The van der Waals surface area contributed by atoms with Crippen LogP contribution in [0.1, 0.15) is 21.5 Å². The standard InChI is InChI=1S/C9H9IO/c1-6-3-8(5-11)4-9(10)7(6)2/h3-5H,1-2H3. The molecule has 1 rings (SSSR count). The Morgan fingerprint density at radius 3 is 2.45 bits per heavy atom. The Balaban J connectivity index is 3.31. The quantitative estimate of drug-likeness (QED) is 0.560. The predicted molar refractivity (Wildman–Crippen MR) is 54.0 cm³/mol. The van der Waals surface area contributed by atoms with Gasteiger partial charge in [-0.05, 0) is 59.7 Å². The van der Waals surface area contributed by atoms with Crippen molar-refractivity contribution in [2.45, 2.75) is 13.8 Å². The number of benzene rings is 1. The summed E-state index contributed by atoms with van der Waals surface area (Å²) in [4.78, 5) is 10.4. The van der Waals surface area contributed by atoms with Crippen molar-refractivity contribution in [1.29, 1.82) is 0 Å². The van der Waals surface area contributed by atoms with E-state index in [9.17, 15) is 4.79 Å². The van der Waals surface area contributed by atoms with Crippen LogP contribution >= 0.6 is 22.6 Å². The Hall–Kier alpha value is -0.380. The molecular weight excluding hydrogens is 251 g/mol. The average molecular weight is 260 g/mol. The van der Waals surface area contributed by atoms with Gasteiger partial charge in [0.2, 0.25) is 0 Å². The Kier molecular flexibility index (Phi) is 2.65. The molecule has 2 heteroatoms. The highest BCUT2D eigenvalue weighted by Crippen LogP contribution is 2.16. The molecule has 0 bridgehead atoms. The maximum absolute atomic E-state index is 10.4. The summed E-state index contributed by atoms with van der Waals surface area (Å²) in [6, 6.07) is 3.81. The molecule has 0 aliphatic carbocycles. The van der Waals surface area contributed by atoms with Crippen molar-refractivity contribution in [2.24, 2.45) is 0 Å². The van der Waals surface area contributed by atoms with Gasteiger partial charge in [0.15, 0.2) is 0 Å². The molecule has 0 fully saturated rings. The van der Waals surface area contributed by atoms with Gasteiger partial charge in [-0.25, -0.2) is 0 Å². The van der Waals surface area contributed by atoms with Crippen LogP contribution in [-0.2, 0) is 0 Å². The maximum atomic E-state index is 10.4. The maximum Gasteiger partial charge on any atom is 0.150 e. The van der Waals surface area contributed by atoms with Crippen molar-refractivity contribution in [3.05, 3.63) is 32.4 Å². The summed E-state index contributed by atoms with van der Waals surface area (Å²) in [7, 11) is 0. The second kappa shape index (κ2) is 3.34. The van der Waals surface area contributed by atoms with Gasteiger partial charge in [-0.2, -0.15) is 0 Å². The van der Waals surface area contributed by atoms with Gasteiger partial charge >= 0.3 is 0 Å². The van der Waals surface area contributed by atoms with Crippen LogP contribution in [-0.4, -0.2) is 6.29 Å². The lowest BCUT2D eigenvalue weighted by Crippen LogP contribution is -1.89. The van der Waals surface area contributed by atoms with E-state index < -0.39 is 0 Å². The molecule has 0 aliphatic rings. The molecule has 11 heavy (non-hydrogen) atoms. The molecule has 0 saturated heterocycles. The van der Waals surface area contributed by atoms with Crippen LogP contribution in [0.25, 0.3) is 0 Å². The smallest absolute Gasteiger partial charge is 0.150 e. The lowest BCUT2D eigenvalue weighted by molar-refractivity contribution is 0.112. The molecule has 1 aromatic carbocycles. The molecule has 1 aromatic rings. The van der Waals surface area contributed by atoms with E-state index >= 15 is 0 Å². The zero-order valence-corrected chi connectivity index (χ0v) is 8.68. The first-order valence-electron chi connectivity index (χ1n) is 3.37. The van der Waals surface area contributed by atoms with Gasteiger partial charge in [0.05, 0.1) is 0 Å². The number of aldehydes is 1. The van der Waals surface area contributed by atoms with Gasteiger partial charge in [-0.1, -0.05) is 0 Å². The molecule has 0 aliphatic heterocycles. The highest BCUT2D eigenvalue weighted by molar-refractivity contribution is 14.1. The Morgan fingerprint density at radius 2 is 2.00 bits per heavy atom. The van der Waals surface area contributed by atoms with Crippen molar-refractivity contribution in [3.63, 3.8) is 0 Å². The van der Waals surface area contributed by atoms with E-state index in [0.717, 1.165) is 15.4 Å². The van der Waals surface area contributed by atoms with E-state index in [1.807, 2.05) is 19.1 Å². The van der Waals surface area contributed by atoms with E-state index in [-0.39, 0.29) is 0 Å². The number of rotatable bonds is 1. The Labute approximate surface area is 79.9 Å². The van der Waals surface area contributed by atoms with Crippen molar-refractivity contribution < 1.29 is 4.79 Å². The van der Waals surface area contributed by atoms with Crippen LogP contribution in [0.4, 0.5) is 0 Å². The minimum atomic E-state index is 0.762. The van der Waals surface area contributed by atoms with Crippen LogP contribution in [0.5, 0.6) is 0 Å². The van der Waals surface area contributed by atoms with Gasteiger partial charge < -0.3 is 0 Å². The topological polar surface area (TPSA) is 17.1 Å². The molecule has 0 aromatic heterocycles. The van der Waals surface area contributed by atoms with Crippen molar-refractivity contribution >= 4 is 28.9 Å². The van der Waals surface area contributed by atoms with Crippen LogP contribution in [0.3, 0.4) is 0 Å². The fourth-order valence-electron chi connectivity index (χ4n) is 0.911. The molecule has 0 amide bonds. The summed E-state index contributed by atoms with van der Waals surface area (Å²) in [5, 5.41) is 0. The third-order valence-corrected chi connectivity index (χ3v) is 2.88. The molecule has 0 saturated carbocycles. The number of aryl methyl sites for hydroxylation is 1. The van der Waals surface area contributed by atoms with Crippen LogP contribution in [0.2, 0.25) is 0 Å². The zero-order chi connectivity index (χ0) is 8.43. The van der Waals surface area contributed by atoms with Gasteiger partial charge in [0, 0.05) is 9.13 Å². The van der Waals surface area contributed by atoms with Crippen molar-refractivity contribution in [2.75, 3.05) is 0 Å². The van der Waals surface area contributed by atoms with E-state index in [2.05, 4.69) is 29.5 Å². The Morgan fingerprint density at radius 1 is 1.36 bits per heavy atom. The monoisotopic (exact) mass is 260 g/mol. The second-order valence-electron chi connectivity index (χ2n) is 2.56. The highest BCUT2D eigenvalue weighted by Gasteiger charge is 1.99. The molecule has 0 atom stereocenters. The summed E-state index contributed by atoms with van der Waals surface area (Å²) in [5.41, 5.74) is 3.20. The lowest BCUT2D eigenvalue weighted by Gasteiger charge is -2.02. The third-order valence-electron chi connectivity index (χ3n) is 1.76. The number of hydrogen-bond donors (Lipinski definition) is 0. The van der Waals surface area contributed by atoms with Crippen LogP contribution in [0.15, 0.2) is 12.1 Å². The summed E-state index contributed by atoms with van der Waals surface area (Å²) >= 11 is 2.24. The molecule has 0 unspecified atom stereocenters. The molecule has 0 N–H and O–H groups in total. The van der Waals surface area contributed by atoms with Crippen LogP contribution < -0.4 is 0 Å². The molecule has 0 heterocycles. The second-order valence-corrected chi connectivity index (χ2v) is 3.72. The summed E-state index contributed by atoms with van der Waals surface area (Å²) < 4.78 is 1.16. The van der Waals surface area contributed by atoms with E-state index in [1.54, 1.807) is 0 Å². The van der Waals surface area contributed by atoms with Gasteiger partial charge in [0.25, 0.3) is 0 Å². The van der Waals surface area contributed by atoms with E-state index in [4.69, 9.17) is 0 Å².